The fourth-order valence-electron chi connectivity index (χ4n) is 1.56. The second-order valence-corrected chi connectivity index (χ2v) is 5.17. The van der Waals surface area contributed by atoms with Crippen molar-refractivity contribution in [3.05, 3.63) is 24.1 Å². The number of hydrogen-bond donors (Lipinski definition) is 1. The van der Waals surface area contributed by atoms with E-state index >= 15 is 0 Å². The summed E-state index contributed by atoms with van der Waals surface area (Å²) >= 11 is 1.68. The van der Waals surface area contributed by atoms with Crippen molar-refractivity contribution in [2.24, 2.45) is 0 Å². The molecule has 0 aromatic rings. The van der Waals surface area contributed by atoms with Crippen LogP contribution >= 0.6 is 11.9 Å². The van der Waals surface area contributed by atoms with Gasteiger partial charge in [0.05, 0.1) is 0 Å². The Bertz CT molecular complexity index is 253. The Kier molecular flexibility index (Phi) is 6.76. The molecule has 92 valence electrons. The molecule has 0 saturated carbocycles. The average Bonchev–Trinajstić information content (AvgIpc) is 2.27. The Morgan fingerprint density at radius 2 is 2.38 bits per heavy atom. The van der Waals surface area contributed by atoms with E-state index in [2.05, 4.69) is 23.6 Å². The largest absolute Gasteiger partial charge is 0.305 e. The SMILES string of the molecule is CCCN(C)CCNSC1C=CC(F)=CC1. The second-order valence-electron chi connectivity index (χ2n) is 4.04. The minimum absolute atomic E-state index is 0.112. The average molecular weight is 244 g/mol. The minimum atomic E-state index is -0.112. The maximum Gasteiger partial charge on any atom is 0.119 e. The number of halogens is 1. The van der Waals surface area contributed by atoms with Gasteiger partial charge in [-0.3, -0.25) is 4.72 Å². The van der Waals surface area contributed by atoms with Crippen LogP contribution in [0.1, 0.15) is 19.8 Å². The van der Waals surface area contributed by atoms with Crippen molar-refractivity contribution in [1.82, 2.24) is 9.62 Å². The topological polar surface area (TPSA) is 15.3 Å². The first-order valence-electron chi connectivity index (χ1n) is 5.83. The molecule has 0 spiro atoms. The van der Waals surface area contributed by atoms with Crippen LogP contribution in [0.5, 0.6) is 0 Å². The standard InChI is InChI=1S/C12H21FN2S/c1-3-9-15(2)10-8-14-16-12-6-4-11(13)5-7-12/h4-6,12,14H,3,7-10H2,1-2H3. The maximum atomic E-state index is 12.7. The molecule has 0 saturated heterocycles. The van der Waals surface area contributed by atoms with E-state index < -0.39 is 0 Å². The van der Waals surface area contributed by atoms with Crippen molar-refractivity contribution in [3.63, 3.8) is 0 Å². The van der Waals surface area contributed by atoms with E-state index in [1.165, 1.54) is 6.42 Å². The van der Waals surface area contributed by atoms with Gasteiger partial charge in [0.15, 0.2) is 0 Å². The molecule has 0 amide bonds. The summed E-state index contributed by atoms with van der Waals surface area (Å²) in [7, 11) is 2.13. The first-order valence-corrected chi connectivity index (χ1v) is 6.71. The summed E-state index contributed by atoms with van der Waals surface area (Å²) < 4.78 is 16.0. The fraction of sp³-hybridized carbons (Fsp3) is 0.667. The highest BCUT2D eigenvalue weighted by Gasteiger charge is 2.08. The van der Waals surface area contributed by atoms with E-state index in [1.807, 2.05) is 6.08 Å². The Balaban J connectivity index is 2.02. The molecule has 4 heteroatoms. The van der Waals surface area contributed by atoms with Gasteiger partial charge >= 0.3 is 0 Å². The van der Waals surface area contributed by atoms with Gasteiger partial charge in [-0.05, 0) is 38.6 Å². The van der Waals surface area contributed by atoms with Gasteiger partial charge in [0.2, 0.25) is 0 Å². The summed E-state index contributed by atoms with van der Waals surface area (Å²) in [6.45, 7) is 5.36. The fourth-order valence-corrected chi connectivity index (χ4v) is 2.33. The number of nitrogens with one attached hydrogen (secondary N) is 1. The van der Waals surface area contributed by atoms with Crippen LogP contribution in [0.2, 0.25) is 0 Å². The van der Waals surface area contributed by atoms with Gasteiger partial charge < -0.3 is 4.90 Å². The molecule has 0 fully saturated rings. The summed E-state index contributed by atoms with van der Waals surface area (Å²) in [4.78, 5) is 2.31. The molecule has 2 nitrogen and oxygen atoms in total. The summed E-state index contributed by atoms with van der Waals surface area (Å²) in [5.74, 6) is -0.112. The van der Waals surface area contributed by atoms with Crippen LogP contribution in [0.25, 0.3) is 0 Å². The molecule has 0 aromatic heterocycles. The highest BCUT2D eigenvalue weighted by molar-refractivity contribution is 7.98. The van der Waals surface area contributed by atoms with Crippen LogP contribution in [0.15, 0.2) is 24.1 Å². The molecule has 1 unspecified atom stereocenters. The van der Waals surface area contributed by atoms with E-state index in [1.54, 1.807) is 24.1 Å². The van der Waals surface area contributed by atoms with Gasteiger partial charge in [-0.2, -0.15) is 0 Å². The van der Waals surface area contributed by atoms with Crippen LogP contribution in [0.4, 0.5) is 4.39 Å². The highest BCUT2D eigenvalue weighted by atomic mass is 32.2. The predicted molar refractivity (Wildman–Crippen MR) is 70.1 cm³/mol. The highest BCUT2D eigenvalue weighted by Crippen LogP contribution is 2.20. The molecule has 1 rings (SSSR count). The molecule has 1 atom stereocenters. The third kappa shape index (κ3) is 5.68. The van der Waals surface area contributed by atoms with Crippen LogP contribution in [0.3, 0.4) is 0 Å². The molecular formula is C12H21FN2S. The Labute approximate surface area is 102 Å². The lowest BCUT2D eigenvalue weighted by atomic mass is 10.2. The Morgan fingerprint density at radius 1 is 1.56 bits per heavy atom. The smallest absolute Gasteiger partial charge is 0.119 e. The molecular weight excluding hydrogens is 223 g/mol. The van der Waals surface area contributed by atoms with Crippen molar-refractivity contribution in [1.29, 1.82) is 0 Å². The molecule has 0 radical (unpaired) electrons. The molecule has 1 aliphatic rings. The molecule has 0 heterocycles. The van der Waals surface area contributed by atoms with E-state index in [0.29, 0.717) is 5.25 Å². The van der Waals surface area contributed by atoms with Gasteiger partial charge in [-0.15, -0.1) is 0 Å². The van der Waals surface area contributed by atoms with Gasteiger partial charge in [-0.25, -0.2) is 4.39 Å². The van der Waals surface area contributed by atoms with Gasteiger partial charge in [0, 0.05) is 18.3 Å². The molecule has 0 aliphatic heterocycles. The number of likely N-dealkylation sites (N-methyl/N-ethyl adjacent to an activating group) is 1. The van der Waals surface area contributed by atoms with E-state index in [-0.39, 0.29) is 5.83 Å². The van der Waals surface area contributed by atoms with Gasteiger partial charge in [0.25, 0.3) is 0 Å². The number of nitrogens with zero attached hydrogens (tertiary/aromatic N) is 1. The van der Waals surface area contributed by atoms with Crippen molar-refractivity contribution in [3.8, 4) is 0 Å². The normalized spacial score (nSPS) is 20.2. The minimum Gasteiger partial charge on any atom is -0.305 e. The summed E-state index contributed by atoms with van der Waals surface area (Å²) in [5, 5.41) is 0.371. The maximum absolute atomic E-state index is 12.7. The quantitative estimate of drug-likeness (QED) is 0.547. The van der Waals surface area contributed by atoms with Crippen LogP contribution < -0.4 is 4.72 Å². The van der Waals surface area contributed by atoms with Gasteiger partial charge in [-0.1, -0.05) is 24.9 Å². The molecule has 0 bridgehead atoms. The lowest BCUT2D eigenvalue weighted by Gasteiger charge is -2.17. The van der Waals surface area contributed by atoms with Crippen molar-refractivity contribution in [2.75, 3.05) is 26.7 Å². The number of allylic oxidation sites excluding steroid dienone is 3. The summed E-state index contributed by atoms with van der Waals surface area (Å²) in [5.41, 5.74) is 0. The molecule has 0 aromatic carbocycles. The number of hydrogen-bond acceptors (Lipinski definition) is 3. The summed E-state index contributed by atoms with van der Waals surface area (Å²) in [6.07, 6.45) is 7.08. The number of rotatable bonds is 7. The van der Waals surface area contributed by atoms with Crippen LogP contribution in [0, 0.1) is 0 Å². The van der Waals surface area contributed by atoms with Gasteiger partial charge in [0.1, 0.15) is 5.83 Å². The molecule has 16 heavy (non-hydrogen) atoms. The van der Waals surface area contributed by atoms with Crippen molar-refractivity contribution >= 4 is 11.9 Å². The van der Waals surface area contributed by atoms with E-state index in [9.17, 15) is 4.39 Å². The zero-order chi connectivity index (χ0) is 11.8. The Morgan fingerprint density at radius 3 is 3.00 bits per heavy atom. The monoisotopic (exact) mass is 244 g/mol. The first kappa shape index (κ1) is 13.7. The van der Waals surface area contributed by atoms with Crippen molar-refractivity contribution < 1.29 is 4.39 Å². The zero-order valence-corrected chi connectivity index (χ0v) is 10.9. The lowest BCUT2D eigenvalue weighted by Crippen LogP contribution is -2.28. The predicted octanol–water partition coefficient (Wildman–Crippen LogP) is 2.75. The summed E-state index contributed by atoms with van der Waals surface area (Å²) in [6, 6.07) is 0. The van der Waals surface area contributed by atoms with E-state index in [4.69, 9.17) is 0 Å². The lowest BCUT2D eigenvalue weighted by molar-refractivity contribution is 0.341. The zero-order valence-electron chi connectivity index (χ0n) is 10.1. The first-order chi connectivity index (χ1) is 7.72. The van der Waals surface area contributed by atoms with E-state index in [0.717, 1.165) is 26.1 Å². The van der Waals surface area contributed by atoms with Crippen LogP contribution in [-0.4, -0.2) is 36.8 Å². The molecule has 1 aliphatic carbocycles. The third-order valence-corrected chi connectivity index (χ3v) is 3.47. The molecule has 1 N–H and O–H groups in total. The van der Waals surface area contributed by atoms with Crippen LogP contribution in [-0.2, 0) is 0 Å². The second kappa shape index (κ2) is 7.87. The Hall–Kier alpha value is -0.320. The van der Waals surface area contributed by atoms with Crippen molar-refractivity contribution in [2.45, 2.75) is 25.0 Å². The third-order valence-electron chi connectivity index (χ3n) is 2.45.